The quantitative estimate of drug-likeness (QED) is 0.138. The molecule has 9 nitrogen and oxygen atoms in total. The van der Waals surface area contributed by atoms with Crippen molar-refractivity contribution < 1.29 is 9.47 Å². The van der Waals surface area contributed by atoms with Gasteiger partial charge in [0, 0.05) is 42.8 Å². The molecule has 0 saturated carbocycles. The Kier molecular flexibility index (Phi) is 10.1. The molecule has 3 heterocycles. The van der Waals surface area contributed by atoms with Gasteiger partial charge in [0.15, 0.2) is 0 Å². The number of aliphatic imine (C=N–C) groups is 2. The Morgan fingerprint density at radius 3 is 2.63 bits per heavy atom. The molecule has 0 spiro atoms. The number of ether oxygens (including phenoxy) is 2. The van der Waals surface area contributed by atoms with Crippen LogP contribution in [0.15, 0.2) is 70.6 Å². The first-order valence-electron chi connectivity index (χ1n) is 16.4. The van der Waals surface area contributed by atoms with Gasteiger partial charge in [-0.05, 0) is 80.9 Å². The van der Waals surface area contributed by atoms with E-state index in [2.05, 4.69) is 88.1 Å². The van der Waals surface area contributed by atoms with Crippen LogP contribution >= 0.6 is 0 Å². The van der Waals surface area contributed by atoms with Crippen LogP contribution < -0.4 is 19.3 Å². The number of aromatic nitrogens is 2. The van der Waals surface area contributed by atoms with E-state index >= 15 is 0 Å². The molecule has 0 N–H and O–H groups in total. The Morgan fingerprint density at radius 1 is 1.02 bits per heavy atom. The topological polar surface area (TPSA) is 78.7 Å². The molecule has 1 saturated heterocycles. The lowest BCUT2D eigenvalue weighted by molar-refractivity contribution is 0.187. The third kappa shape index (κ3) is 7.33. The SMILES string of the molecule is COc1ccc(CN=C=NCCCN(C)c2nc(OCC3CCCN3C)nc3c2CCN(c2cccc4cccc(C)c24)C3)cc1. The molecule has 0 radical (unpaired) electrons. The van der Waals surface area contributed by atoms with E-state index in [-0.39, 0.29) is 0 Å². The fourth-order valence-electron chi connectivity index (χ4n) is 6.55. The summed E-state index contributed by atoms with van der Waals surface area (Å²) in [6, 6.07) is 24.8. The van der Waals surface area contributed by atoms with Crippen LogP contribution in [0.25, 0.3) is 10.8 Å². The number of likely N-dealkylation sites (tertiary alicyclic amines) is 1. The van der Waals surface area contributed by atoms with Gasteiger partial charge in [-0.25, -0.2) is 9.98 Å². The predicted molar refractivity (Wildman–Crippen MR) is 186 cm³/mol. The molecule has 2 aliphatic heterocycles. The third-order valence-electron chi connectivity index (χ3n) is 9.22. The molecule has 1 aromatic heterocycles. The number of anilines is 2. The Hall–Kier alpha value is -4.46. The summed E-state index contributed by atoms with van der Waals surface area (Å²) in [7, 11) is 5.95. The maximum Gasteiger partial charge on any atom is 0.318 e. The zero-order valence-corrected chi connectivity index (χ0v) is 27.6. The number of fused-ring (bicyclic) bond motifs is 2. The molecule has 0 amide bonds. The summed E-state index contributed by atoms with van der Waals surface area (Å²) < 4.78 is 11.5. The summed E-state index contributed by atoms with van der Waals surface area (Å²) in [5, 5.41) is 2.58. The molecule has 9 heteroatoms. The molecule has 1 fully saturated rings. The van der Waals surface area contributed by atoms with Gasteiger partial charge in [0.25, 0.3) is 0 Å². The fraction of sp³-hybridized carbons (Fsp3) is 0.432. The van der Waals surface area contributed by atoms with Gasteiger partial charge < -0.3 is 24.2 Å². The van der Waals surface area contributed by atoms with E-state index in [1.54, 1.807) is 7.11 Å². The number of methoxy groups -OCH3 is 1. The largest absolute Gasteiger partial charge is 0.497 e. The highest BCUT2D eigenvalue weighted by Gasteiger charge is 2.27. The molecular formula is C37H45N7O2. The number of aryl methyl sites for hydroxylation is 1. The molecule has 0 bridgehead atoms. The third-order valence-corrected chi connectivity index (χ3v) is 9.22. The monoisotopic (exact) mass is 619 g/mol. The highest BCUT2D eigenvalue weighted by molar-refractivity contribution is 5.97. The molecule has 3 aromatic carbocycles. The van der Waals surface area contributed by atoms with Crippen LogP contribution in [0.4, 0.5) is 11.5 Å². The Bertz CT molecular complexity index is 1700. The minimum absolute atomic E-state index is 0.403. The summed E-state index contributed by atoms with van der Waals surface area (Å²) in [4.78, 5) is 25.8. The van der Waals surface area contributed by atoms with Gasteiger partial charge in [0.1, 0.15) is 18.2 Å². The first-order valence-corrected chi connectivity index (χ1v) is 16.4. The van der Waals surface area contributed by atoms with Gasteiger partial charge in [0.05, 0.1) is 38.4 Å². The zero-order chi connectivity index (χ0) is 31.9. The maximum atomic E-state index is 6.31. The van der Waals surface area contributed by atoms with Gasteiger partial charge in [-0.1, -0.05) is 42.5 Å². The van der Waals surface area contributed by atoms with Crippen LogP contribution in [0.1, 0.15) is 41.6 Å². The van der Waals surface area contributed by atoms with Crippen molar-refractivity contribution in [1.82, 2.24) is 14.9 Å². The van der Waals surface area contributed by atoms with E-state index in [1.807, 2.05) is 24.3 Å². The number of likely N-dealkylation sites (N-methyl/N-ethyl adjacent to an activating group) is 1. The summed E-state index contributed by atoms with van der Waals surface area (Å²) in [6.07, 6.45) is 4.09. The van der Waals surface area contributed by atoms with Crippen molar-refractivity contribution in [1.29, 1.82) is 0 Å². The average Bonchev–Trinajstić information content (AvgIpc) is 3.50. The standard InChI is InChI=1S/C37H45N7O2/c1-27-9-5-10-29-11-6-13-34(35(27)29)44-22-18-32-33(24-44)40-37(46-25-30-12-7-20-42(30)2)41-36(32)43(3)21-8-19-38-26-39-23-28-14-16-31(45-4)17-15-28/h5-6,9-11,13-17,30H,7-8,12,18-25H2,1-4H3. The highest BCUT2D eigenvalue weighted by Crippen LogP contribution is 2.35. The Morgan fingerprint density at radius 2 is 1.85 bits per heavy atom. The van der Waals surface area contributed by atoms with Crippen LogP contribution in [-0.4, -0.2) is 80.9 Å². The predicted octanol–water partition coefficient (Wildman–Crippen LogP) is 6.18. The molecule has 240 valence electrons. The number of nitrogens with zero attached hydrogens (tertiary/aromatic N) is 7. The van der Waals surface area contributed by atoms with Crippen LogP contribution in [-0.2, 0) is 19.5 Å². The van der Waals surface area contributed by atoms with Gasteiger partial charge >= 0.3 is 6.01 Å². The summed E-state index contributed by atoms with van der Waals surface area (Å²) >= 11 is 0. The van der Waals surface area contributed by atoms with Crippen molar-refractivity contribution in [3.8, 4) is 11.8 Å². The van der Waals surface area contributed by atoms with E-state index in [1.165, 1.54) is 34.0 Å². The second-order valence-corrected chi connectivity index (χ2v) is 12.4. The Labute approximate surface area is 272 Å². The van der Waals surface area contributed by atoms with Crippen LogP contribution in [0, 0.1) is 6.92 Å². The second kappa shape index (κ2) is 14.8. The van der Waals surface area contributed by atoms with Crippen molar-refractivity contribution in [2.24, 2.45) is 9.98 Å². The lowest BCUT2D eigenvalue weighted by atomic mass is 10.00. The van der Waals surface area contributed by atoms with Crippen LogP contribution in [0.3, 0.4) is 0 Å². The first kappa shape index (κ1) is 31.5. The fourth-order valence-corrected chi connectivity index (χ4v) is 6.55. The normalized spacial score (nSPS) is 16.2. The van der Waals surface area contributed by atoms with Crippen molar-refractivity contribution in [3.63, 3.8) is 0 Å². The van der Waals surface area contributed by atoms with Gasteiger partial charge in [-0.15, -0.1) is 0 Å². The van der Waals surface area contributed by atoms with Gasteiger partial charge in [-0.3, -0.25) is 0 Å². The van der Waals surface area contributed by atoms with Crippen molar-refractivity contribution in [2.75, 3.05) is 63.8 Å². The Balaban J connectivity index is 1.16. The summed E-state index contributed by atoms with van der Waals surface area (Å²) in [5.41, 5.74) is 5.91. The van der Waals surface area contributed by atoms with Crippen molar-refractivity contribution in [2.45, 2.75) is 51.7 Å². The second-order valence-electron chi connectivity index (χ2n) is 12.4. The first-order chi connectivity index (χ1) is 22.5. The van der Waals surface area contributed by atoms with E-state index in [0.29, 0.717) is 31.7 Å². The van der Waals surface area contributed by atoms with E-state index in [4.69, 9.17) is 19.4 Å². The molecule has 6 rings (SSSR count). The van der Waals surface area contributed by atoms with Gasteiger partial charge in [-0.2, -0.15) is 9.97 Å². The van der Waals surface area contributed by atoms with E-state index < -0.39 is 0 Å². The summed E-state index contributed by atoms with van der Waals surface area (Å²) in [5.74, 6) is 1.80. The summed E-state index contributed by atoms with van der Waals surface area (Å²) in [6.45, 7) is 7.56. The number of hydrogen-bond donors (Lipinski definition) is 0. The molecule has 0 aliphatic carbocycles. The van der Waals surface area contributed by atoms with Crippen LogP contribution in [0.2, 0.25) is 0 Å². The van der Waals surface area contributed by atoms with E-state index in [9.17, 15) is 0 Å². The highest BCUT2D eigenvalue weighted by atomic mass is 16.5. The molecule has 46 heavy (non-hydrogen) atoms. The maximum absolute atomic E-state index is 6.31. The molecular weight excluding hydrogens is 574 g/mol. The minimum atomic E-state index is 0.403. The number of rotatable bonds is 12. The molecule has 2 aliphatic rings. The van der Waals surface area contributed by atoms with Crippen molar-refractivity contribution >= 4 is 28.3 Å². The smallest absolute Gasteiger partial charge is 0.318 e. The number of hydrogen-bond acceptors (Lipinski definition) is 9. The molecule has 1 unspecified atom stereocenters. The van der Waals surface area contributed by atoms with Crippen LogP contribution in [0.5, 0.6) is 11.8 Å². The van der Waals surface area contributed by atoms with Crippen molar-refractivity contribution in [3.05, 3.63) is 83.0 Å². The average molecular weight is 620 g/mol. The molecule has 1 atom stereocenters. The lowest BCUT2D eigenvalue weighted by Gasteiger charge is -2.33. The van der Waals surface area contributed by atoms with Gasteiger partial charge in [0.2, 0.25) is 0 Å². The lowest BCUT2D eigenvalue weighted by Crippen LogP contribution is -2.34. The van der Waals surface area contributed by atoms with E-state index in [0.717, 1.165) is 68.3 Å². The zero-order valence-electron chi connectivity index (χ0n) is 27.6. The minimum Gasteiger partial charge on any atom is -0.497 e. The number of benzene rings is 3. The molecule has 4 aromatic rings.